The van der Waals surface area contributed by atoms with Crippen molar-refractivity contribution >= 4 is 6.03 Å². The van der Waals surface area contributed by atoms with Gasteiger partial charge < -0.3 is 14.5 Å². The number of rotatable bonds is 4. The summed E-state index contributed by atoms with van der Waals surface area (Å²) >= 11 is 0. The first kappa shape index (κ1) is 21.5. The lowest BCUT2D eigenvalue weighted by Crippen LogP contribution is -2.65. The Kier molecular flexibility index (Phi) is 4.67. The van der Waals surface area contributed by atoms with Crippen LogP contribution < -0.4 is 4.74 Å². The summed E-state index contributed by atoms with van der Waals surface area (Å²) in [6, 6.07) is 1.76. The molecule has 3 saturated carbocycles. The highest BCUT2D eigenvalue weighted by atomic mass is 19.1. The summed E-state index contributed by atoms with van der Waals surface area (Å²) in [7, 11) is 0. The van der Waals surface area contributed by atoms with Crippen molar-refractivity contribution in [3.05, 3.63) is 41.7 Å². The van der Waals surface area contributed by atoms with E-state index in [9.17, 15) is 18.0 Å². The minimum absolute atomic E-state index is 0.0957. The molecule has 0 radical (unpaired) electrons. The van der Waals surface area contributed by atoms with Crippen LogP contribution in [0, 0.1) is 34.7 Å². The van der Waals surface area contributed by atoms with Gasteiger partial charge in [0.1, 0.15) is 12.1 Å². The third-order valence-electron chi connectivity index (χ3n) is 8.73. The van der Waals surface area contributed by atoms with E-state index < -0.39 is 23.2 Å². The largest absolute Gasteiger partial charge is 0.484 e. The van der Waals surface area contributed by atoms with Crippen molar-refractivity contribution < 1.29 is 22.7 Å². The quantitative estimate of drug-likeness (QED) is 0.651. The average molecular weight is 488 g/mol. The molecule has 7 rings (SSSR count). The third kappa shape index (κ3) is 3.67. The molecule has 10 heteroatoms. The number of fused-ring (bicyclic) bond motifs is 1. The molecule has 2 aromatic rings. The molecule has 1 aromatic heterocycles. The molecule has 2 amide bonds. The predicted octanol–water partition coefficient (Wildman–Crippen LogP) is 4.12. The molecule has 186 valence electrons. The first-order valence-corrected chi connectivity index (χ1v) is 12.6. The lowest BCUT2D eigenvalue weighted by atomic mass is 9.61. The summed E-state index contributed by atoms with van der Waals surface area (Å²) in [5, 5.41) is 4.66. The SMILES string of the molecule is O=C(N1CC2CC(Oc3c(F)cc(F)cc3F)CC2C1)N1CC2(CC(n3cnc(C4CC4)n3)C2)C1. The number of carbonyl (C=O) groups excluding carboxylic acids is 1. The standard InChI is InChI=1S/C25H28F3N5O2/c26-17-5-20(27)22(21(28)6-17)35-19-3-15-9-31(10-16(15)4-19)24(34)32-11-25(12-32)7-18(8-25)33-13-29-23(30-33)14-1-2-14/h5-6,13-16,18-19H,1-4,7-12H2. The van der Waals surface area contributed by atoms with Gasteiger partial charge in [-0.3, -0.25) is 0 Å². The molecule has 3 heterocycles. The van der Waals surface area contributed by atoms with E-state index in [-0.39, 0.29) is 29.4 Å². The highest BCUT2D eigenvalue weighted by Gasteiger charge is 2.56. The maximum atomic E-state index is 13.9. The fourth-order valence-corrected chi connectivity index (χ4v) is 6.78. The zero-order valence-electron chi connectivity index (χ0n) is 19.4. The molecule has 5 aliphatic rings. The topological polar surface area (TPSA) is 63.5 Å². The maximum absolute atomic E-state index is 13.9. The van der Waals surface area contributed by atoms with Gasteiger partial charge in [-0.2, -0.15) is 5.10 Å². The number of nitrogens with zero attached hydrogens (tertiary/aromatic N) is 5. The molecule has 35 heavy (non-hydrogen) atoms. The number of urea groups is 1. The van der Waals surface area contributed by atoms with Crippen molar-refractivity contribution in [2.24, 2.45) is 17.3 Å². The molecular formula is C25H28F3N5O2. The third-order valence-corrected chi connectivity index (χ3v) is 8.73. The first-order chi connectivity index (χ1) is 16.9. The summed E-state index contributed by atoms with van der Waals surface area (Å²) in [5.74, 6) is -1.45. The molecule has 5 fully saturated rings. The zero-order chi connectivity index (χ0) is 23.9. The van der Waals surface area contributed by atoms with Crippen LogP contribution in [0.5, 0.6) is 5.75 Å². The van der Waals surface area contributed by atoms with Crippen LogP contribution in [0.4, 0.5) is 18.0 Å². The molecule has 3 aliphatic carbocycles. The number of halogens is 3. The van der Waals surface area contributed by atoms with E-state index in [0.29, 0.717) is 50.0 Å². The smallest absolute Gasteiger partial charge is 0.320 e. The van der Waals surface area contributed by atoms with Gasteiger partial charge in [-0.15, -0.1) is 0 Å². The Balaban J connectivity index is 0.891. The van der Waals surface area contributed by atoms with Gasteiger partial charge in [-0.1, -0.05) is 0 Å². The molecule has 7 nitrogen and oxygen atoms in total. The van der Waals surface area contributed by atoms with Crippen molar-refractivity contribution in [3.8, 4) is 5.75 Å². The normalized spacial score (nSPS) is 29.3. The Bertz CT molecular complexity index is 1130. The second-order valence-corrected chi connectivity index (χ2v) is 11.4. The van der Waals surface area contributed by atoms with Crippen molar-refractivity contribution in [3.63, 3.8) is 0 Å². The number of hydrogen-bond acceptors (Lipinski definition) is 4. The summed E-state index contributed by atoms with van der Waals surface area (Å²) in [6.07, 6.45) is 7.31. The fraction of sp³-hybridized carbons (Fsp3) is 0.640. The van der Waals surface area contributed by atoms with Gasteiger partial charge in [-0.25, -0.2) is 27.6 Å². The second-order valence-electron chi connectivity index (χ2n) is 11.4. The van der Waals surface area contributed by atoms with Gasteiger partial charge in [-0.05, 0) is 50.4 Å². The lowest BCUT2D eigenvalue weighted by Gasteiger charge is -2.59. The van der Waals surface area contributed by atoms with E-state index in [0.717, 1.165) is 31.8 Å². The summed E-state index contributed by atoms with van der Waals surface area (Å²) in [6.45, 7) is 2.89. The lowest BCUT2D eigenvalue weighted by molar-refractivity contribution is -0.0735. The minimum atomic E-state index is -1.02. The van der Waals surface area contributed by atoms with Crippen LogP contribution >= 0.6 is 0 Å². The minimum Gasteiger partial charge on any atom is -0.484 e. The zero-order valence-corrected chi connectivity index (χ0v) is 19.4. The molecule has 0 bridgehead atoms. The molecule has 2 saturated heterocycles. The highest BCUT2D eigenvalue weighted by Crippen LogP contribution is 2.54. The van der Waals surface area contributed by atoms with Crippen LogP contribution in [0.15, 0.2) is 18.5 Å². The molecule has 1 aromatic carbocycles. The van der Waals surface area contributed by atoms with Crippen LogP contribution in [0.3, 0.4) is 0 Å². The number of amides is 2. The first-order valence-electron chi connectivity index (χ1n) is 12.6. The van der Waals surface area contributed by atoms with Gasteiger partial charge >= 0.3 is 6.03 Å². The van der Waals surface area contributed by atoms with Crippen molar-refractivity contribution in [2.75, 3.05) is 26.2 Å². The Morgan fingerprint density at radius 3 is 2.29 bits per heavy atom. The molecule has 1 spiro atoms. The van der Waals surface area contributed by atoms with Crippen LogP contribution in [0.1, 0.15) is 56.3 Å². The van der Waals surface area contributed by atoms with E-state index >= 15 is 0 Å². The molecule has 0 N–H and O–H groups in total. The van der Waals surface area contributed by atoms with E-state index in [2.05, 4.69) is 10.1 Å². The summed E-state index contributed by atoms with van der Waals surface area (Å²) < 4.78 is 48.6. The highest BCUT2D eigenvalue weighted by molar-refractivity contribution is 5.76. The van der Waals surface area contributed by atoms with E-state index in [1.165, 1.54) is 12.8 Å². The molecular weight excluding hydrogens is 459 g/mol. The van der Waals surface area contributed by atoms with Crippen molar-refractivity contribution in [1.82, 2.24) is 24.6 Å². The monoisotopic (exact) mass is 487 g/mol. The van der Waals surface area contributed by atoms with Gasteiger partial charge in [0, 0.05) is 49.6 Å². The number of carbonyl (C=O) groups is 1. The van der Waals surface area contributed by atoms with Crippen LogP contribution in [0.2, 0.25) is 0 Å². The Morgan fingerprint density at radius 2 is 1.66 bits per heavy atom. The number of hydrogen-bond donors (Lipinski definition) is 0. The summed E-state index contributed by atoms with van der Waals surface area (Å²) in [5.41, 5.74) is 0.226. The van der Waals surface area contributed by atoms with Gasteiger partial charge in [0.25, 0.3) is 0 Å². The fourth-order valence-electron chi connectivity index (χ4n) is 6.78. The van der Waals surface area contributed by atoms with E-state index in [1.54, 1.807) is 0 Å². The number of aromatic nitrogens is 3. The second kappa shape index (κ2) is 7.61. The Labute approximate surface area is 201 Å². The Hall–Kier alpha value is -2.78. The van der Waals surface area contributed by atoms with Crippen LogP contribution in [-0.4, -0.2) is 62.9 Å². The molecule has 2 atom stereocenters. The number of benzene rings is 1. The Morgan fingerprint density at radius 1 is 1.00 bits per heavy atom. The number of likely N-dealkylation sites (tertiary alicyclic amines) is 2. The van der Waals surface area contributed by atoms with Crippen LogP contribution in [0.25, 0.3) is 0 Å². The maximum Gasteiger partial charge on any atom is 0.320 e. The molecule has 2 aliphatic heterocycles. The van der Waals surface area contributed by atoms with Gasteiger partial charge in [0.2, 0.25) is 0 Å². The van der Waals surface area contributed by atoms with Crippen molar-refractivity contribution in [1.29, 1.82) is 0 Å². The molecule has 2 unspecified atom stereocenters. The van der Waals surface area contributed by atoms with Gasteiger partial charge in [0.05, 0.1) is 12.1 Å². The average Bonchev–Trinajstić information content (AvgIpc) is 3.17. The number of ether oxygens (including phenoxy) is 1. The van der Waals surface area contributed by atoms with E-state index in [1.807, 2.05) is 20.8 Å². The predicted molar refractivity (Wildman–Crippen MR) is 118 cm³/mol. The van der Waals surface area contributed by atoms with E-state index in [4.69, 9.17) is 4.74 Å². The van der Waals surface area contributed by atoms with Gasteiger partial charge in [0.15, 0.2) is 23.2 Å². The van der Waals surface area contributed by atoms with Crippen molar-refractivity contribution in [2.45, 2.75) is 56.6 Å². The van der Waals surface area contributed by atoms with Crippen LogP contribution in [-0.2, 0) is 0 Å². The summed E-state index contributed by atoms with van der Waals surface area (Å²) in [4.78, 5) is 21.4.